The fraction of sp³-hybridized carbons (Fsp3) is 0.250. The second kappa shape index (κ2) is 5.14. The van der Waals surface area contributed by atoms with E-state index in [9.17, 15) is 9.59 Å². The van der Waals surface area contributed by atoms with Gasteiger partial charge in [0.2, 0.25) is 0 Å². The maximum absolute atomic E-state index is 11.7. The van der Waals surface area contributed by atoms with Gasteiger partial charge in [-0.25, -0.2) is 0 Å². The van der Waals surface area contributed by atoms with Crippen molar-refractivity contribution in [3.63, 3.8) is 0 Å². The smallest absolute Gasteiger partial charge is 0.326 e. The lowest BCUT2D eigenvalue weighted by Gasteiger charge is -2.09. The van der Waals surface area contributed by atoms with Gasteiger partial charge >= 0.3 is 5.97 Å². The molecule has 0 radical (unpaired) electrons. The quantitative estimate of drug-likeness (QED) is 0.676. The second-order valence-corrected chi connectivity index (χ2v) is 4.05. The van der Waals surface area contributed by atoms with Crippen LogP contribution in [0.25, 0.3) is 10.9 Å². The molecule has 5 nitrogen and oxygen atoms in total. The molecule has 0 unspecified atom stereocenters. The van der Waals surface area contributed by atoms with E-state index in [2.05, 4.69) is 4.98 Å². The summed E-state index contributed by atoms with van der Waals surface area (Å²) >= 11 is 5.07. The Morgan fingerprint density at radius 2 is 2.17 bits per heavy atom. The summed E-state index contributed by atoms with van der Waals surface area (Å²) in [6, 6.07) is 6.98. The molecule has 18 heavy (non-hydrogen) atoms. The molecule has 0 saturated heterocycles. The minimum absolute atomic E-state index is 0.00995. The van der Waals surface area contributed by atoms with Gasteiger partial charge in [0.05, 0.1) is 17.5 Å². The number of ether oxygens (including phenoxy) is 1. The van der Waals surface area contributed by atoms with Crippen molar-refractivity contribution in [3.8, 4) is 0 Å². The van der Waals surface area contributed by atoms with Crippen molar-refractivity contribution in [2.75, 3.05) is 6.61 Å². The average Bonchev–Trinajstić information content (AvgIpc) is 2.35. The number of carbonyl (C=O) groups excluding carboxylic acids is 1. The number of nitrogens with zero attached hydrogens (tertiary/aromatic N) is 1. The number of nitrogens with one attached hydrogen (secondary N) is 1. The molecule has 0 bridgehead atoms. The molecule has 2 aromatic rings. The number of fused-ring (bicyclic) bond motifs is 1. The Morgan fingerprint density at radius 3 is 2.89 bits per heavy atom. The van der Waals surface area contributed by atoms with Crippen LogP contribution in [-0.4, -0.2) is 22.1 Å². The van der Waals surface area contributed by atoms with E-state index in [0.717, 1.165) is 0 Å². The molecule has 0 aliphatic heterocycles. The Bertz CT molecular complexity index is 702. The highest BCUT2D eigenvalue weighted by molar-refractivity contribution is 7.71. The Morgan fingerprint density at radius 1 is 1.44 bits per heavy atom. The SMILES string of the molecule is CCOC(=O)Cn1c(=S)[nH]c(=O)c2ccccc21. The lowest BCUT2D eigenvalue weighted by molar-refractivity contribution is -0.143. The fourth-order valence-electron chi connectivity index (χ4n) is 1.74. The van der Waals surface area contributed by atoms with Gasteiger partial charge in [-0.1, -0.05) is 12.1 Å². The number of carbonyl (C=O) groups is 1. The number of para-hydroxylation sites is 1. The van der Waals surface area contributed by atoms with E-state index in [1.54, 1.807) is 35.8 Å². The third-order valence-corrected chi connectivity index (χ3v) is 2.82. The van der Waals surface area contributed by atoms with E-state index in [-0.39, 0.29) is 22.8 Å². The number of esters is 1. The summed E-state index contributed by atoms with van der Waals surface area (Å²) in [6.45, 7) is 2.04. The van der Waals surface area contributed by atoms with Crippen LogP contribution in [-0.2, 0) is 16.1 Å². The first kappa shape index (κ1) is 12.5. The number of H-pyrrole nitrogens is 1. The molecule has 0 amide bonds. The Labute approximate surface area is 108 Å². The lowest BCUT2D eigenvalue weighted by atomic mass is 10.2. The zero-order valence-corrected chi connectivity index (χ0v) is 10.6. The van der Waals surface area contributed by atoms with E-state index in [1.807, 2.05) is 0 Å². The van der Waals surface area contributed by atoms with Gasteiger partial charge in [-0.15, -0.1) is 0 Å². The van der Waals surface area contributed by atoms with Crippen LogP contribution in [0.5, 0.6) is 0 Å². The number of aromatic amines is 1. The minimum Gasteiger partial charge on any atom is -0.465 e. The molecule has 1 aromatic heterocycles. The minimum atomic E-state index is -0.384. The molecule has 6 heteroatoms. The first-order valence-electron chi connectivity index (χ1n) is 5.51. The maximum atomic E-state index is 11.7. The fourth-order valence-corrected chi connectivity index (χ4v) is 1.99. The summed E-state index contributed by atoms with van der Waals surface area (Å²) in [5.41, 5.74) is 0.370. The summed E-state index contributed by atoms with van der Waals surface area (Å²) in [5.74, 6) is -0.384. The topological polar surface area (TPSA) is 64.1 Å². The third-order valence-electron chi connectivity index (χ3n) is 2.50. The average molecular weight is 264 g/mol. The Kier molecular flexibility index (Phi) is 3.57. The summed E-state index contributed by atoms with van der Waals surface area (Å²) in [5, 5.41) is 0.496. The third kappa shape index (κ3) is 2.33. The van der Waals surface area contributed by atoms with E-state index in [1.165, 1.54) is 0 Å². The molecule has 0 atom stereocenters. The normalized spacial score (nSPS) is 10.5. The zero-order chi connectivity index (χ0) is 13.1. The summed E-state index contributed by atoms with van der Waals surface area (Å²) in [4.78, 5) is 25.8. The summed E-state index contributed by atoms with van der Waals surface area (Å²) in [7, 11) is 0. The van der Waals surface area contributed by atoms with Crippen LogP contribution in [0.3, 0.4) is 0 Å². The van der Waals surface area contributed by atoms with Gasteiger partial charge in [-0.05, 0) is 31.3 Å². The molecule has 0 spiro atoms. The molecular weight excluding hydrogens is 252 g/mol. The highest BCUT2D eigenvalue weighted by atomic mass is 32.1. The molecule has 0 aliphatic carbocycles. The van der Waals surface area contributed by atoms with Gasteiger partial charge in [-0.3, -0.25) is 14.6 Å². The van der Waals surface area contributed by atoms with Crippen LogP contribution in [0.4, 0.5) is 0 Å². The molecule has 0 saturated carbocycles. The number of rotatable bonds is 3. The molecule has 2 rings (SSSR count). The molecule has 1 N–H and O–H groups in total. The highest BCUT2D eigenvalue weighted by Gasteiger charge is 2.09. The molecule has 1 heterocycles. The van der Waals surface area contributed by atoms with Crippen molar-refractivity contribution < 1.29 is 9.53 Å². The van der Waals surface area contributed by atoms with Crippen molar-refractivity contribution in [3.05, 3.63) is 39.4 Å². The van der Waals surface area contributed by atoms with Crippen LogP contribution in [0.15, 0.2) is 29.1 Å². The Hall–Kier alpha value is -1.95. The number of aromatic nitrogens is 2. The molecule has 94 valence electrons. The molecule has 1 aromatic carbocycles. The van der Waals surface area contributed by atoms with Crippen LogP contribution in [0.1, 0.15) is 6.92 Å². The second-order valence-electron chi connectivity index (χ2n) is 3.67. The van der Waals surface area contributed by atoms with E-state index in [0.29, 0.717) is 17.5 Å². The van der Waals surface area contributed by atoms with Crippen molar-refractivity contribution >= 4 is 29.1 Å². The summed E-state index contributed by atoms with van der Waals surface area (Å²) < 4.78 is 6.66. The first-order chi connectivity index (χ1) is 8.63. The van der Waals surface area contributed by atoms with E-state index < -0.39 is 0 Å². The predicted molar refractivity (Wildman–Crippen MR) is 70.0 cm³/mol. The standard InChI is InChI=1S/C12H12N2O3S/c1-2-17-10(15)7-14-9-6-4-3-5-8(9)11(16)13-12(14)18/h3-6H,2,7H2,1H3,(H,13,16,18). The van der Waals surface area contributed by atoms with Crippen molar-refractivity contribution in [2.45, 2.75) is 13.5 Å². The first-order valence-corrected chi connectivity index (χ1v) is 5.91. The number of benzene rings is 1. The summed E-state index contributed by atoms with van der Waals surface area (Å²) in [6.07, 6.45) is 0. The van der Waals surface area contributed by atoms with Crippen LogP contribution in [0.2, 0.25) is 0 Å². The van der Waals surface area contributed by atoms with Crippen LogP contribution < -0.4 is 5.56 Å². The van der Waals surface area contributed by atoms with Gasteiger partial charge in [0.15, 0.2) is 4.77 Å². The highest BCUT2D eigenvalue weighted by Crippen LogP contribution is 2.09. The van der Waals surface area contributed by atoms with E-state index >= 15 is 0 Å². The van der Waals surface area contributed by atoms with Crippen molar-refractivity contribution in [1.29, 1.82) is 0 Å². The predicted octanol–water partition coefficient (Wildman–Crippen LogP) is 1.62. The van der Waals surface area contributed by atoms with Crippen LogP contribution >= 0.6 is 12.2 Å². The van der Waals surface area contributed by atoms with Gasteiger partial charge in [0.25, 0.3) is 5.56 Å². The van der Waals surface area contributed by atoms with Crippen LogP contribution in [0, 0.1) is 4.77 Å². The van der Waals surface area contributed by atoms with Gasteiger partial charge < -0.3 is 9.30 Å². The monoisotopic (exact) mass is 264 g/mol. The number of hydrogen-bond acceptors (Lipinski definition) is 4. The zero-order valence-electron chi connectivity index (χ0n) is 9.80. The Balaban J connectivity index is 2.60. The lowest BCUT2D eigenvalue weighted by Crippen LogP contribution is -2.19. The molecule has 0 aliphatic rings. The van der Waals surface area contributed by atoms with Gasteiger partial charge in [-0.2, -0.15) is 0 Å². The maximum Gasteiger partial charge on any atom is 0.326 e. The molecular formula is C12H12N2O3S. The van der Waals surface area contributed by atoms with Crippen molar-refractivity contribution in [2.24, 2.45) is 0 Å². The van der Waals surface area contributed by atoms with Crippen molar-refractivity contribution in [1.82, 2.24) is 9.55 Å². The van der Waals surface area contributed by atoms with E-state index in [4.69, 9.17) is 17.0 Å². The molecule has 0 fully saturated rings. The largest absolute Gasteiger partial charge is 0.465 e. The van der Waals surface area contributed by atoms with Gasteiger partial charge in [0, 0.05) is 0 Å². The van der Waals surface area contributed by atoms with Gasteiger partial charge in [0.1, 0.15) is 6.54 Å². The number of hydrogen-bond donors (Lipinski definition) is 1.